The van der Waals surface area contributed by atoms with E-state index < -0.39 is 10.0 Å². The molecule has 4 rings (SSSR count). The number of aromatic nitrogens is 2. The minimum atomic E-state index is -3.61. The van der Waals surface area contributed by atoms with Crippen LogP contribution < -0.4 is 15.4 Å². The lowest BCUT2D eigenvalue weighted by molar-refractivity contribution is 0.0730. The Morgan fingerprint density at radius 2 is 2.00 bits per heavy atom. The molecule has 1 aromatic carbocycles. The molecule has 2 aromatic heterocycles. The van der Waals surface area contributed by atoms with Crippen molar-refractivity contribution >= 4 is 38.2 Å². The summed E-state index contributed by atoms with van der Waals surface area (Å²) >= 11 is 0. The van der Waals surface area contributed by atoms with Crippen molar-refractivity contribution in [3.8, 4) is 5.75 Å². The van der Waals surface area contributed by atoms with Gasteiger partial charge in [-0.3, -0.25) is 0 Å². The summed E-state index contributed by atoms with van der Waals surface area (Å²) in [5, 5.41) is 7.69. The van der Waals surface area contributed by atoms with Crippen molar-refractivity contribution in [3.05, 3.63) is 36.5 Å². The van der Waals surface area contributed by atoms with E-state index >= 15 is 0 Å². The fourth-order valence-electron chi connectivity index (χ4n) is 3.52. The van der Waals surface area contributed by atoms with Crippen molar-refractivity contribution < 1.29 is 17.9 Å². The smallest absolute Gasteiger partial charge is 0.243 e. The minimum absolute atomic E-state index is 0.190. The first-order chi connectivity index (χ1) is 15.0. The number of nitrogens with zero attached hydrogens (tertiary/aromatic N) is 2. The number of pyridine rings is 1. The van der Waals surface area contributed by atoms with E-state index in [1.54, 1.807) is 12.1 Å². The molecule has 3 aromatic rings. The van der Waals surface area contributed by atoms with Crippen molar-refractivity contribution in [1.82, 2.24) is 14.3 Å². The highest BCUT2D eigenvalue weighted by atomic mass is 32.2. The Balaban J connectivity index is 1.63. The zero-order chi connectivity index (χ0) is 21.8. The quantitative estimate of drug-likeness (QED) is 0.489. The Kier molecular flexibility index (Phi) is 6.30. The average molecular weight is 446 g/mol. The van der Waals surface area contributed by atoms with Gasteiger partial charge >= 0.3 is 0 Å². The molecule has 1 aliphatic heterocycles. The maximum Gasteiger partial charge on any atom is 0.243 e. The molecule has 1 saturated heterocycles. The predicted molar refractivity (Wildman–Crippen MR) is 121 cm³/mol. The lowest BCUT2D eigenvalue weighted by Crippen LogP contribution is -2.40. The number of anilines is 3. The molecule has 0 atom stereocenters. The SMILES string of the molecule is CCCNc1cc(Nc2ccc(S(=O)(=O)N3CCOCC3)cc2OC)nc2[nH]ccc12. The van der Waals surface area contributed by atoms with Crippen LogP contribution >= 0.6 is 0 Å². The van der Waals surface area contributed by atoms with Crippen molar-refractivity contribution in [1.29, 1.82) is 0 Å². The van der Waals surface area contributed by atoms with Gasteiger partial charge in [-0.25, -0.2) is 13.4 Å². The number of fused-ring (bicyclic) bond motifs is 1. The maximum atomic E-state index is 13.0. The molecule has 9 nitrogen and oxygen atoms in total. The van der Waals surface area contributed by atoms with Crippen LogP contribution in [0, 0.1) is 0 Å². The monoisotopic (exact) mass is 445 g/mol. The molecule has 0 saturated carbocycles. The van der Waals surface area contributed by atoms with Crippen LogP contribution in [0.4, 0.5) is 17.2 Å². The van der Waals surface area contributed by atoms with E-state index in [4.69, 9.17) is 9.47 Å². The lowest BCUT2D eigenvalue weighted by Gasteiger charge is -2.26. The second-order valence-electron chi connectivity index (χ2n) is 7.23. The normalized spacial score (nSPS) is 15.2. The van der Waals surface area contributed by atoms with E-state index in [1.165, 1.54) is 17.5 Å². The van der Waals surface area contributed by atoms with Gasteiger partial charge in [0.2, 0.25) is 10.0 Å². The maximum absolute atomic E-state index is 13.0. The molecule has 3 N–H and O–H groups in total. The van der Waals surface area contributed by atoms with E-state index in [9.17, 15) is 8.42 Å². The number of hydrogen-bond donors (Lipinski definition) is 3. The Morgan fingerprint density at radius 1 is 1.19 bits per heavy atom. The average Bonchev–Trinajstić information content (AvgIpc) is 3.27. The fourth-order valence-corrected chi connectivity index (χ4v) is 4.94. The molecular weight excluding hydrogens is 418 g/mol. The number of morpholine rings is 1. The molecule has 1 aliphatic rings. The summed E-state index contributed by atoms with van der Waals surface area (Å²) in [5.74, 6) is 1.04. The van der Waals surface area contributed by atoms with Gasteiger partial charge in [-0.15, -0.1) is 0 Å². The van der Waals surface area contributed by atoms with Crippen LogP contribution in [-0.4, -0.2) is 62.6 Å². The van der Waals surface area contributed by atoms with Crippen LogP contribution in [-0.2, 0) is 14.8 Å². The van der Waals surface area contributed by atoms with Crippen LogP contribution in [0.3, 0.4) is 0 Å². The third kappa shape index (κ3) is 4.46. The largest absolute Gasteiger partial charge is 0.495 e. The third-order valence-corrected chi connectivity index (χ3v) is 7.03. The third-order valence-electron chi connectivity index (χ3n) is 5.14. The number of sulfonamides is 1. The molecule has 0 unspecified atom stereocenters. The van der Waals surface area contributed by atoms with Crippen LogP contribution in [0.5, 0.6) is 5.75 Å². The zero-order valence-corrected chi connectivity index (χ0v) is 18.5. The Hall–Kier alpha value is -2.82. The number of benzene rings is 1. The number of rotatable bonds is 8. The molecule has 0 spiro atoms. The molecular formula is C21H27N5O4S. The van der Waals surface area contributed by atoms with E-state index in [1.807, 2.05) is 18.3 Å². The van der Waals surface area contributed by atoms with E-state index in [-0.39, 0.29) is 4.90 Å². The van der Waals surface area contributed by atoms with Gasteiger partial charge in [0.05, 0.1) is 30.9 Å². The van der Waals surface area contributed by atoms with Crippen LogP contribution in [0.15, 0.2) is 41.4 Å². The summed E-state index contributed by atoms with van der Waals surface area (Å²) in [7, 11) is -2.09. The number of ether oxygens (including phenoxy) is 2. The van der Waals surface area contributed by atoms with Gasteiger partial charge in [0.25, 0.3) is 0 Å². The summed E-state index contributed by atoms with van der Waals surface area (Å²) in [6.45, 7) is 4.45. The van der Waals surface area contributed by atoms with Crippen LogP contribution in [0.25, 0.3) is 11.0 Å². The number of nitrogens with one attached hydrogen (secondary N) is 3. The van der Waals surface area contributed by atoms with Crippen molar-refractivity contribution in [2.75, 3.05) is 50.6 Å². The molecule has 3 heterocycles. The van der Waals surface area contributed by atoms with E-state index in [0.29, 0.717) is 43.6 Å². The van der Waals surface area contributed by atoms with Crippen molar-refractivity contribution in [2.45, 2.75) is 18.2 Å². The Bertz CT molecular complexity index is 1160. The first-order valence-corrected chi connectivity index (χ1v) is 11.7. The molecule has 0 bridgehead atoms. The highest BCUT2D eigenvalue weighted by Crippen LogP contribution is 2.33. The molecule has 166 valence electrons. The van der Waals surface area contributed by atoms with Gasteiger partial charge in [0.1, 0.15) is 17.2 Å². The Labute approximate surface area is 181 Å². The molecule has 0 aliphatic carbocycles. The van der Waals surface area contributed by atoms with Gasteiger partial charge in [-0.1, -0.05) is 6.92 Å². The molecule has 0 radical (unpaired) electrons. The van der Waals surface area contributed by atoms with Crippen molar-refractivity contribution in [3.63, 3.8) is 0 Å². The summed E-state index contributed by atoms with van der Waals surface area (Å²) in [6.07, 6.45) is 2.86. The standard InChI is InChI=1S/C21H27N5O4S/c1-3-7-22-18-14-20(25-21-16(18)6-8-23-21)24-17-5-4-15(13-19(17)29-2)31(27,28)26-9-11-30-12-10-26/h4-6,8,13-14H,3,7,9-12H2,1-2H3,(H3,22,23,24,25). The summed E-state index contributed by atoms with van der Waals surface area (Å²) in [6, 6.07) is 8.74. The number of H-pyrrole nitrogens is 1. The molecule has 0 amide bonds. The second-order valence-corrected chi connectivity index (χ2v) is 9.16. The summed E-state index contributed by atoms with van der Waals surface area (Å²) < 4.78 is 38.1. The van der Waals surface area contributed by atoms with Crippen LogP contribution in [0.1, 0.15) is 13.3 Å². The highest BCUT2D eigenvalue weighted by Gasteiger charge is 2.27. The number of hydrogen-bond acceptors (Lipinski definition) is 7. The predicted octanol–water partition coefficient (Wildman–Crippen LogP) is 3.16. The van der Waals surface area contributed by atoms with Gasteiger partial charge < -0.3 is 25.1 Å². The van der Waals surface area contributed by atoms with Crippen molar-refractivity contribution in [2.24, 2.45) is 0 Å². The topological polar surface area (TPSA) is 109 Å². The number of methoxy groups -OCH3 is 1. The van der Waals surface area contributed by atoms with E-state index in [0.717, 1.165) is 29.7 Å². The second kappa shape index (κ2) is 9.13. The molecule has 1 fully saturated rings. The summed E-state index contributed by atoms with van der Waals surface area (Å²) in [4.78, 5) is 7.95. The molecule has 10 heteroatoms. The van der Waals surface area contributed by atoms with Crippen LogP contribution in [0.2, 0.25) is 0 Å². The lowest BCUT2D eigenvalue weighted by atomic mass is 10.2. The first kappa shape index (κ1) is 21.4. The Morgan fingerprint density at radius 3 is 2.74 bits per heavy atom. The fraction of sp³-hybridized carbons (Fsp3) is 0.381. The van der Waals surface area contributed by atoms with E-state index in [2.05, 4.69) is 27.5 Å². The zero-order valence-electron chi connectivity index (χ0n) is 17.6. The minimum Gasteiger partial charge on any atom is -0.495 e. The first-order valence-electron chi connectivity index (χ1n) is 10.3. The van der Waals surface area contributed by atoms with Gasteiger partial charge in [0.15, 0.2) is 0 Å². The van der Waals surface area contributed by atoms with Gasteiger partial charge in [-0.2, -0.15) is 4.31 Å². The van der Waals surface area contributed by atoms with Gasteiger partial charge in [0, 0.05) is 49.0 Å². The summed E-state index contributed by atoms with van der Waals surface area (Å²) in [5.41, 5.74) is 2.36. The number of aromatic amines is 1. The molecule has 31 heavy (non-hydrogen) atoms. The van der Waals surface area contributed by atoms with Gasteiger partial charge in [-0.05, 0) is 24.6 Å². The highest BCUT2D eigenvalue weighted by molar-refractivity contribution is 7.89.